The maximum absolute atomic E-state index is 11.6. The van der Waals surface area contributed by atoms with Crippen LogP contribution in [0.1, 0.15) is 23.0 Å². The van der Waals surface area contributed by atoms with Crippen LogP contribution < -0.4 is 4.74 Å². The number of rotatable bonds is 5. The largest absolute Gasteiger partial charge is 0.461 e. The molecular formula is C14H13N3O3. The number of aromatic amines is 1. The van der Waals surface area contributed by atoms with Crippen molar-refractivity contribution in [3.05, 3.63) is 35.5 Å². The van der Waals surface area contributed by atoms with E-state index in [0.29, 0.717) is 12.2 Å². The molecular weight excluding hydrogens is 258 g/mol. The lowest BCUT2D eigenvalue weighted by molar-refractivity contribution is 0.0516. The molecule has 102 valence electrons. The van der Waals surface area contributed by atoms with Crippen molar-refractivity contribution in [3.63, 3.8) is 0 Å². The third-order valence-corrected chi connectivity index (χ3v) is 2.41. The van der Waals surface area contributed by atoms with Gasteiger partial charge in [-0.1, -0.05) is 17.3 Å². The maximum Gasteiger partial charge on any atom is 0.364 e. The summed E-state index contributed by atoms with van der Waals surface area (Å²) in [5.74, 6) is 2.64. The first-order chi connectivity index (χ1) is 9.74. The van der Waals surface area contributed by atoms with Gasteiger partial charge in [-0.25, -0.2) is 9.89 Å². The van der Waals surface area contributed by atoms with Crippen LogP contribution >= 0.6 is 0 Å². The predicted octanol–water partition coefficient (Wildman–Crippen LogP) is 1.95. The smallest absolute Gasteiger partial charge is 0.364 e. The number of esters is 1. The summed E-state index contributed by atoms with van der Waals surface area (Å²) in [7, 11) is 0. The molecule has 2 rings (SSSR count). The molecule has 0 atom stereocenters. The minimum Gasteiger partial charge on any atom is -0.461 e. The van der Waals surface area contributed by atoms with Gasteiger partial charge in [-0.15, -0.1) is 17.4 Å². The molecule has 0 saturated heterocycles. The SMILES string of the molecule is C#CCc1cccc(Oc2[nH]nnc2C(=O)OCC)c1. The Kier molecular flexibility index (Phi) is 4.35. The second kappa shape index (κ2) is 6.38. The highest BCUT2D eigenvalue weighted by Crippen LogP contribution is 2.23. The number of carbonyl (C=O) groups is 1. The minimum absolute atomic E-state index is 0.00852. The van der Waals surface area contributed by atoms with Crippen LogP contribution in [0.25, 0.3) is 0 Å². The summed E-state index contributed by atoms with van der Waals surface area (Å²) in [6.07, 6.45) is 5.77. The van der Waals surface area contributed by atoms with Gasteiger partial charge >= 0.3 is 5.97 Å². The van der Waals surface area contributed by atoms with E-state index in [1.54, 1.807) is 19.1 Å². The van der Waals surface area contributed by atoms with Crippen LogP contribution in [-0.2, 0) is 11.2 Å². The average molecular weight is 271 g/mol. The number of ether oxygens (including phenoxy) is 2. The van der Waals surface area contributed by atoms with E-state index in [4.69, 9.17) is 15.9 Å². The zero-order chi connectivity index (χ0) is 14.4. The Morgan fingerprint density at radius 3 is 3.10 bits per heavy atom. The van der Waals surface area contributed by atoms with Gasteiger partial charge in [0.15, 0.2) is 0 Å². The van der Waals surface area contributed by atoms with Gasteiger partial charge in [0.05, 0.1) is 6.61 Å². The third-order valence-electron chi connectivity index (χ3n) is 2.41. The van der Waals surface area contributed by atoms with Crippen molar-refractivity contribution in [2.24, 2.45) is 0 Å². The molecule has 6 nitrogen and oxygen atoms in total. The summed E-state index contributed by atoms with van der Waals surface area (Å²) in [6, 6.07) is 7.24. The van der Waals surface area contributed by atoms with Gasteiger partial charge < -0.3 is 9.47 Å². The summed E-state index contributed by atoms with van der Waals surface area (Å²) in [5, 5.41) is 9.72. The Morgan fingerprint density at radius 1 is 1.50 bits per heavy atom. The van der Waals surface area contributed by atoms with Gasteiger partial charge in [0, 0.05) is 6.42 Å². The number of carbonyl (C=O) groups excluding carboxylic acids is 1. The van der Waals surface area contributed by atoms with Crippen molar-refractivity contribution in [1.82, 2.24) is 15.4 Å². The van der Waals surface area contributed by atoms with Crippen LogP contribution in [-0.4, -0.2) is 28.0 Å². The van der Waals surface area contributed by atoms with Crippen molar-refractivity contribution < 1.29 is 14.3 Å². The van der Waals surface area contributed by atoms with Gasteiger partial charge in [0.1, 0.15) is 5.75 Å². The molecule has 0 unspecified atom stereocenters. The molecule has 6 heteroatoms. The topological polar surface area (TPSA) is 77.1 Å². The summed E-state index contributed by atoms with van der Waals surface area (Å²) in [6.45, 7) is 1.96. The number of nitrogens with zero attached hydrogens (tertiary/aromatic N) is 2. The van der Waals surface area contributed by atoms with E-state index in [0.717, 1.165) is 5.56 Å². The molecule has 0 aliphatic heterocycles. The highest BCUT2D eigenvalue weighted by Gasteiger charge is 2.19. The standard InChI is InChI=1S/C14H13N3O3/c1-3-6-10-7-5-8-11(9-10)20-13-12(15-17-16-13)14(18)19-4-2/h1,5,7-9H,4,6H2,2H3,(H,15,16,17). The van der Waals surface area contributed by atoms with E-state index in [1.807, 2.05) is 12.1 Å². The molecule has 0 spiro atoms. The summed E-state index contributed by atoms with van der Waals surface area (Å²) >= 11 is 0. The van der Waals surface area contributed by atoms with Gasteiger partial charge in [0.2, 0.25) is 5.69 Å². The Bertz CT molecular complexity index is 643. The zero-order valence-corrected chi connectivity index (χ0v) is 10.9. The number of benzene rings is 1. The highest BCUT2D eigenvalue weighted by molar-refractivity contribution is 5.89. The number of hydrogen-bond acceptors (Lipinski definition) is 5. The molecule has 0 aliphatic carbocycles. The van der Waals surface area contributed by atoms with Crippen LogP contribution in [0.2, 0.25) is 0 Å². The van der Waals surface area contributed by atoms with Crippen LogP contribution in [0.3, 0.4) is 0 Å². The molecule has 2 aromatic rings. The second-order valence-electron chi connectivity index (χ2n) is 3.84. The molecule has 0 bridgehead atoms. The number of H-pyrrole nitrogens is 1. The van der Waals surface area contributed by atoms with E-state index in [1.165, 1.54) is 0 Å². The normalized spacial score (nSPS) is 9.80. The summed E-state index contributed by atoms with van der Waals surface area (Å²) in [4.78, 5) is 11.6. The average Bonchev–Trinajstić information content (AvgIpc) is 2.88. The van der Waals surface area contributed by atoms with Crippen LogP contribution in [0.4, 0.5) is 0 Å². The Balaban J connectivity index is 2.18. The van der Waals surface area contributed by atoms with Crippen molar-refractivity contribution in [2.45, 2.75) is 13.3 Å². The van der Waals surface area contributed by atoms with Gasteiger partial charge in [-0.3, -0.25) is 0 Å². The number of hydrogen-bond donors (Lipinski definition) is 1. The molecule has 0 fully saturated rings. The van der Waals surface area contributed by atoms with Crippen LogP contribution in [0.15, 0.2) is 24.3 Å². The fourth-order valence-electron chi connectivity index (χ4n) is 1.58. The van der Waals surface area contributed by atoms with Crippen molar-refractivity contribution in [3.8, 4) is 24.0 Å². The van der Waals surface area contributed by atoms with E-state index in [-0.39, 0.29) is 18.2 Å². The number of aromatic nitrogens is 3. The van der Waals surface area contributed by atoms with E-state index < -0.39 is 5.97 Å². The van der Waals surface area contributed by atoms with Crippen molar-refractivity contribution in [1.29, 1.82) is 0 Å². The quantitative estimate of drug-likeness (QED) is 0.664. The first-order valence-corrected chi connectivity index (χ1v) is 6.03. The molecule has 20 heavy (non-hydrogen) atoms. The Morgan fingerprint density at radius 2 is 2.35 bits per heavy atom. The monoisotopic (exact) mass is 271 g/mol. The fraction of sp³-hybridized carbons (Fsp3) is 0.214. The van der Waals surface area contributed by atoms with Gasteiger partial charge in [-0.2, -0.15) is 0 Å². The first kappa shape index (κ1) is 13.6. The third kappa shape index (κ3) is 3.14. The fourth-order valence-corrected chi connectivity index (χ4v) is 1.58. The maximum atomic E-state index is 11.6. The van der Waals surface area contributed by atoms with Gasteiger partial charge in [-0.05, 0) is 24.6 Å². The second-order valence-corrected chi connectivity index (χ2v) is 3.84. The molecule has 1 aromatic carbocycles. The number of nitrogens with one attached hydrogen (secondary N) is 1. The van der Waals surface area contributed by atoms with Crippen LogP contribution in [0.5, 0.6) is 11.6 Å². The molecule has 0 radical (unpaired) electrons. The molecule has 1 aromatic heterocycles. The lowest BCUT2D eigenvalue weighted by Crippen LogP contribution is -2.06. The highest BCUT2D eigenvalue weighted by atomic mass is 16.5. The predicted molar refractivity (Wildman–Crippen MR) is 71.4 cm³/mol. The number of terminal acetylenes is 1. The molecule has 0 saturated carbocycles. The minimum atomic E-state index is -0.587. The summed E-state index contributed by atoms with van der Waals surface area (Å²) in [5.41, 5.74) is 0.948. The Labute approximate surface area is 116 Å². The lowest BCUT2D eigenvalue weighted by atomic mass is 10.1. The zero-order valence-electron chi connectivity index (χ0n) is 10.9. The van der Waals surface area contributed by atoms with Gasteiger partial charge in [0.25, 0.3) is 5.88 Å². The van der Waals surface area contributed by atoms with E-state index in [2.05, 4.69) is 21.3 Å². The molecule has 1 heterocycles. The van der Waals surface area contributed by atoms with E-state index in [9.17, 15) is 4.79 Å². The Hall–Kier alpha value is -2.81. The van der Waals surface area contributed by atoms with Crippen molar-refractivity contribution >= 4 is 5.97 Å². The molecule has 0 aliphatic rings. The lowest BCUT2D eigenvalue weighted by Gasteiger charge is -2.05. The van der Waals surface area contributed by atoms with Crippen molar-refractivity contribution in [2.75, 3.05) is 6.61 Å². The first-order valence-electron chi connectivity index (χ1n) is 6.03. The molecule has 0 amide bonds. The summed E-state index contributed by atoms with van der Waals surface area (Å²) < 4.78 is 10.4. The molecule has 1 N–H and O–H groups in total. The van der Waals surface area contributed by atoms with Crippen LogP contribution in [0, 0.1) is 12.3 Å². The van der Waals surface area contributed by atoms with E-state index >= 15 is 0 Å².